The van der Waals surface area contributed by atoms with Crippen molar-refractivity contribution in [1.82, 2.24) is 10.2 Å². The fraction of sp³-hybridized carbons (Fsp3) is 0.600. The van der Waals surface area contributed by atoms with E-state index in [9.17, 15) is 4.79 Å². The van der Waals surface area contributed by atoms with Crippen molar-refractivity contribution in [3.05, 3.63) is 34.9 Å². The lowest BCUT2D eigenvalue weighted by Gasteiger charge is -2.35. The zero-order valence-electron chi connectivity index (χ0n) is 16.4. The number of aliphatic imine (C=N–C) groups is 1. The zero-order chi connectivity index (χ0) is 18.9. The van der Waals surface area contributed by atoms with E-state index in [2.05, 4.69) is 52.0 Å². The molecule has 2 rings (SSSR count). The van der Waals surface area contributed by atoms with Crippen LogP contribution in [0.25, 0.3) is 0 Å². The molecule has 0 amide bonds. The first kappa shape index (κ1) is 20.2. The maximum Gasteiger partial charge on any atom is 0.305 e. The second-order valence-electron chi connectivity index (χ2n) is 6.67. The summed E-state index contributed by atoms with van der Waals surface area (Å²) in [5.74, 6) is 0.736. The van der Waals surface area contributed by atoms with Gasteiger partial charge < -0.3 is 19.7 Å². The quantitative estimate of drug-likeness (QED) is 0.365. The van der Waals surface area contributed by atoms with Gasteiger partial charge in [0.25, 0.3) is 0 Å². The molecule has 1 aromatic carbocycles. The number of hydrogen-bond donors (Lipinski definition) is 1. The maximum absolute atomic E-state index is 11.1. The summed E-state index contributed by atoms with van der Waals surface area (Å²) in [4.78, 5) is 17.8. The summed E-state index contributed by atoms with van der Waals surface area (Å²) in [5.41, 5.74) is 3.78. The van der Waals surface area contributed by atoms with E-state index in [0.29, 0.717) is 13.0 Å². The van der Waals surface area contributed by atoms with Crippen LogP contribution in [0.5, 0.6) is 0 Å². The highest BCUT2D eigenvalue weighted by Crippen LogP contribution is 2.25. The highest BCUT2D eigenvalue weighted by Gasteiger charge is 2.25. The first-order valence-electron chi connectivity index (χ1n) is 9.26. The summed E-state index contributed by atoms with van der Waals surface area (Å²) in [6, 6.07) is 6.51. The standard InChI is InChI=1S/C20H31N3O3/c1-15-8-9-17(16(2)13-15)18-14-23(11-12-26-18)20(21-3)22-10-6-5-7-19(24)25-4/h8-9,13,18H,5-7,10-12,14H2,1-4H3,(H,21,22). The minimum Gasteiger partial charge on any atom is -0.469 e. The molecule has 1 aromatic rings. The van der Waals surface area contributed by atoms with E-state index in [1.807, 2.05) is 0 Å². The molecule has 144 valence electrons. The zero-order valence-corrected chi connectivity index (χ0v) is 16.4. The van der Waals surface area contributed by atoms with Gasteiger partial charge >= 0.3 is 5.97 Å². The molecule has 1 saturated heterocycles. The van der Waals surface area contributed by atoms with Gasteiger partial charge in [-0.25, -0.2) is 0 Å². The molecule has 0 aromatic heterocycles. The third-order valence-electron chi connectivity index (χ3n) is 4.67. The molecular weight excluding hydrogens is 330 g/mol. The molecule has 1 N–H and O–H groups in total. The van der Waals surface area contributed by atoms with Crippen molar-refractivity contribution < 1.29 is 14.3 Å². The molecule has 1 heterocycles. The molecule has 1 fully saturated rings. The number of carbonyl (C=O) groups is 1. The number of aryl methyl sites for hydroxylation is 2. The van der Waals surface area contributed by atoms with Crippen molar-refractivity contribution in [2.45, 2.75) is 39.2 Å². The van der Waals surface area contributed by atoms with Gasteiger partial charge in [-0.05, 0) is 37.8 Å². The number of nitrogens with one attached hydrogen (secondary N) is 1. The molecule has 0 saturated carbocycles. The van der Waals surface area contributed by atoms with Gasteiger partial charge in [-0.1, -0.05) is 23.8 Å². The molecule has 1 unspecified atom stereocenters. The van der Waals surface area contributed by atoms with Gasteiger partial charge in [-0.2, -0.15) is 0 Å². The molecule has 26 heavy (non-hydrogen) atoms. The molecule has 0 spiro atoms. The van der Waals surface area contributed by atoms with E-state index in [-0.39, 0.29) is 12.1 Å². The summed E-state index contributed by atoms with van der Waals surface area (Å²) >= 11 is 0. The smallest absolute Gasteiger partial charge is 0.305 e. The van der Waals surface area contributed by atoms with Crippen LogP contribution in [-0.2, 0) is 14.3 Å². The molecule has 6 nitrogen and oxygen atoms in total. The molecule has 1 atom stereocenters. The highest BCUT2D eigenvalue weighted by atomic mass is 16.5. The van der Waals surface area contributed by atoms with Crippen molar-refractivity contribution >= 4 is 11.9 Å². The van der Waals surface area contributed by atoms with Crippen LogP contribution < -0.4 is 5.32 Å². The van der Waals surface area contributed by atoms with Gasteiger partial charge in [0, 0.05) is 26.6 Å². The Kier molecular flexibility index (Phi) is 7.91. The monoisotopic (exact) mass is 361 g/mol. The summed E-state index contributed by atoms with van der Waals surface area (Å²) in [7, 11) is 3.23. The number of unbranched alkanes of at least 4 members (excludes halogenated alkanes) is 1. The number of hydrogen-bond acceptors (Lipinski definition) is 4. The lowest BCUT2D eigenvalue weighted by atomic mass is 10.00. The molecule has 0 aliphatic carbocycles. The molecule has 0 radical (unpaired) electrons. The van der Waals surface area contributed by atoms with E-state index < -0.39 is 0 Å². The summed E-state index contributed by atoms with van der Waals surface area (Å²) < 4.78 is 10.7. The van der Waals surface area contributed by atoms with Gasteiger partial charge in [0.2, 0.25) is 0 Å². The maximum atomic E-state index is 11.1. The average molecular weight is 361 g/mol. The Morgan fingerprint density at radius 1 is 1.38 bits per heavy atom. The fourth-order valence-corrected chi connectivity index (χ4v) is 3.25. The third-order valence-corrected chi connectivity index (χ3v) is 4.67. The number of guanidine groups is 1. The van der Waals surface area contributed by atoms with E-state index in [0.717, 1.165) is 38.4 Å². The fourth-order valence-electron chi connectivity index (χ4n) is 3.25. The average Bonchev–Trinajstić information content (AvgIpc) is 2.64. The number of morpholine rings is 1. The van der Waals surface area contributed by atoms with E-state index >= 15 is 0 Å². The third kappa shape index (κ3) is 5.73. The number of methoxy groups -OCH3 is 1. The molecule has 0 bridgehead atoms. The summed E-state index contributed by atoms with van der Waals surface area (Å²) in [6.45, 7) is 7.32. The Morgan fingerprint density at radius 2 is 2.19 bits per heavy atom. The van der Waals surface area contributed by atoms with Gasteiger partial charge in [-0.3, -0.25) is 9.79 Å². The van der Waals surface area contributed by atoms with Crippen molar-refractivity contribution in [1.29, 1.82) is 0 Å². The Bertz CT molecular complexity index is 631. The van der Waals surface area contributed by atoms with Crippen molar-refractivity contribution in [2.24, 2.45) is 4.99 Å². The SMILES string of the molecule is CN=C(NCCCCC(=O)OC)N1CCOC(c2ccc(C)cc2C)C1. The first-order chi connectivity index (χ1) is 12.5. The van der Waals surface area contributed by atoms with Gasteiger partial charge in [0.15, 0.2) is 5.96 Å². The van der Waals surface area contributed by atoms with Crippen LogP contribution in [0.1, 0.15) is 42.1 Å². The number of nitrogens with zero attached hydrogens (tertiary/aromatic N) is 2. The Labute approximate surface area is 156 Å². The topological polar surface area (TPSA) is 63.2 Å². The lowest BCUT2D eigenvalue weighted by molar-refractivity contribution is -0.140. The van der Waals surface area contributed by atoms with Crippen LogP contribution >= 0.6 is 0 Å². The number of rotatable bonds is 6. The molecule has 1 aliphatic rings. The normalized spacial score (nSPS) is 17.9. The van der Waals surface area contributed by atoms with Gasteiger partial charge in [-0.15, -0.1) is 0 Å². The molecule has 1 aliphatic heterocycles. The highest BCUT2D eigenvalue weighted by molar-refractivity contribution is 5.80. The second kappa shape index (κ2) is 10.2. The predicted octanol–water partition coefficient (Wildman–Crippen LogP) is 2.60. The lowest BCUT2D eigenvalue weighted by Crippen LogP contribution is -2.48. The predicted molar refractivity (Wildman–Crippen MR) is 103 cm³/mol. The van der Waals surface area contributed by atoms with E-state index in [1.165, 1.54) is 23.8 Å². The number of ether oxygens (including phenoxy) is 2. The number of benzene rings is 1. The van der Waals surface area contributed by atoms with Crippen molar-refractivity contribution in [3.63, 3.8) is 0 Å². The van der Waals surface area contributed by atoms with E-state index in [1.54, 1.807) is 7.05 Å². The molecule has 6 heteroatoms. The van der Waals surface area contributed by atoms with Crippen LogP contribution in [0.3, 0.4) is 0 Å². The van der Waals surface area contributed by atoms with Crippen LogP contribution in [-0.4, -0.2) is 57.2 Å². The van der Waals surface area contributed by atoms with Crippen LogP contribution in [0, 0.1) is 13.8 Å². The number of carbonyl (C=O) groups excluding carboxylic acids is 1. The largest absolute Gasteiger partial charge is 0.469 e. The van der Waals surface area contributed by atoms with Gasteiger partial charge in [0.05, 0.1) is 20.3 Å². The Balaban J connectivity index is 1.87. The van der Waals surface area contributed by atoms with E-state index in [4.69, 9.17) is 4.74 Å². The summed E-state index contributed by atoms with van der Waals surface area (Å²) in [6.07, 6.45) is 2.23. The molecular formula is C20H31N3O3. The second-order valence-corrected chi connectivity index (χ2v) is 6.67. The van der Waals surface area contributed by atoms with Gasteiger partial charge in [0.1, 0.15) is 6.10 Å². The van der Waals surface area contributed by atoms with Crippen LogP contribution in [0.2, 0.25) is 0 Å². The first-order valence-corrected chi connectivity index (χ1v) is 9.26. The van der Waals surface area contributed by atoms with Crippen LogP contribution in [0.4, 0.5) is 0 Å². The Hall–Kier alpha value is -2.08. The Morgan fingerprint density at radius 3 is 2.88 bits per heavy atom. The minimum absolute atomic E-state index is 0.0576. The minimum atomic E-state index is -0.154. The van der Waals surface area contributed by atoms with Crippen molar-refractivity contribution in [2.75, 3.05) is 40.4 Å². The van der Waals surface area contributed by atoms with Crippen LogP contribution in [0.15, 0.2) is 23.2 Å². The summed E-state index contributed by atoms with van der Waals surface area (Å²) in [5, 5.41) is 3.39. The number of esters is 1. The van der Waals surface area contributed by atoms with Crippen molar-refractivity contribution in [3.8, 4) is 0 Å².